The van der Waals surface area contributed by atoms with Crippen LogP contribution in [0.15, 0.2) is 23.1 Å². The van der Waals surface area contributed by atoms with Crippen molar-refractivity contribution < 1.29 is 4.21 Å². The molecular formula is C7H6ClOS+. The lowest BCUT2D eigenvalue weighted by Gasteiger charge is -1.88. The van der Waals surface area contributed by atoms with E-state index in [-0.39, 0.29) is 0 Å². The molecule has 0 N–H and O–H groups in total. The molecule has 0 heterocycles. The van der Waals surface area contributed by atoms with Gasteiger partial charge >= 0.3 is 16.6 Å². The molecule has 3 heteroatoms. The van der Waals surface area contributed by atoms with Crippen LogP contribution in [0.3, 0.4) is 0 Å². The monoisotopic (exact) mass is 173 g/mol. The Kier molecular flexibility index (Phi) is 2.35. The highest BCUT2D eigenvalue weighted by Crippen LogP contribution is 2.16. The van der Waals surface area contributed by atoms with Crippen molar-refractivity contribution in [1.29, 1.82) is 0 Å². The molecule has 0 spiro atoms. The summed E-state index contributed by atoms with van der Waals surface area (Å²) in [5.74, 6) is 0. The zero-order valence-electron chi connectivity index (χ0n) is 5.43. The number of hydrogen-bond donors (Lipinski definition) is 0. The molecular weight excluding hydrogens is 168 g/mol. The van der Waals surface area contributed by atoms with Crippen molar-refractivity contribution >= 4 is 23.3 Å². The molecule has 0 fully saturated rings. The van der Waals surface area contributed by atoms with Crippen molar-refractivity contribution in [3.05, 3.63) is 28.8 Å². The standard InChI is InChI=1S/C7H6ClOS/c1-5-2-3-7(10-9)6(8)4-5/h2-4H,1H3/q+1. The molecule has 0 saturated carbocycles. The molecule has 0 aliphatic heterocycles. The van der Waals surface area contributed by atoms with E-state index in [2.05, 4.69) is 0 Å². The Balaban J connectivity index is 3.19. The van der Waals surface area contributed by atoms with Crippen molar-refractivity contribution in [2.75, 3.05) is 0 Å². The fourth-order valence-electron chi connectivity index (χ4n) is 0.673. The number of hydrogen-bond acceptors (Lipinski definition) is 1. The summed E-state index contributed by atoms with van der Waals surface area (Å²) in [5, 5.41) is 0.542. The van der Waals surface area contributed by atoms with Crippen molar-refractivity contribution in [3.63, 3.8) is 0 Å². The van der Waals surface area contributed by atoms with Crippen molar-refractivity contribution in [2.45, 2.75) is 11.8 Å². The Morgan fingerprint density at radius 1 is 1.50 bits per heavy atom. The lowest BCUT2D eigenvalue weighted by molar-refractivity contribution is 0.605. The number of aryl methyl sites for hydroxylation is 1. The zero-order valence-corrected chi connectivity index (χ0v) is 7.00. The molecule has 0 aliphatic rings. The van der Waals surface area contributed by atoms with Crippen LogP contribution >= 0.6 is 11.6 Å². The number of rotatable bonds is 1. The van der Waals surface area contributed by atoms with Gasteiger partial charge < -0.3 is 0 Å². The lowest BCUT2D eigenvalue weighted by Crippen LogP contribution is -1.77. The maximum absolute atomic E-state index is 10.3. The molecule has 10 heavy (non-hydrogen) atoms. The van der Waals surface area contributed by atoms with Crippen LogP contribution in [-0.2, 0) is 15.9 Å². The first kappa shape index (κ1) is 7.63. The molecule has 52 valence electrons. The van der Waals surface area contributed by atoms with Crippen LogP contribution in [0.25, 0.3) is 0 Å². The van der Waals surface area contributed by atoms with E-state index in [0.717, 1.165) is 5.56 Å². The highest BCUT2D eigenvalue weighted by Gasteiger charge is 2.10. The SMILES string of the molecule is Cc1ccc([S+]=O)c(Cl)c1. The van der Waals surface area contributed by atoms with Gasteiger partial charge in [0.25, 0.3) is 0 Å². The molecule has 0 aliphatic carbocycles. The van der Waals surface area contributed by atoms with Gasteiger partial charge in [-0.15, -0.1) is 0 Å². The van der Waals surface area contributed by atoms with E-state index >= 15 is 0 Å². The maximum atomic E-state index is 10.3. The second kappa shape index (κ2) is 3.08. The first-order valence-electron chi connectivity index (χ1n) is 2.80. The predicted molar refractivity (Wildman–Crippen MR) is 42.5 cm³/mol. The third kappa shape index (κ3) is 1.52. The van der Waals surface area contributed by atoms with Crippen LogP contribution in [0, 0.1) is 6.92 Å². The van der Waals surface area contributed by atoms with Gasteiger partial charge in [0, 0.05) is 10.3 Å². The fourth-order valence-corrected chi connectivity index (χ4v) is 1.27. The van der Waals surface area contributed by atoms with Gasteiger partial charge in [-0.2, -0.15) is 0 Å². The quantitative estimate of drug-likeness (QED) is 0.597. The van der Waals surface area contributed by atoms with Gasteiger partial charge in [0.15, 0.2) is 0 Å². The van der Waals surface area contributed by atoms with E-state index in [9.17, 15) is 4.21 Å². The lowest BCUT2D eigenvalue weighted by atomic mass is 10.2. The van der Waals surface area contributed by atoms with Crippen LogP contribution in [0.2, 0.25) is 5.02 Å². The molecule has 0 saturated heterocycles. The van der Waals surface area contributed by atoms with Gasteiger partial charge in [0.1, 0.15) is 5.02 Å². The zero-order chi connectivity index (χ0) is 7.56. The molecule has 0 unspecified atom stereocenters. The molecule has 0 amide bonds. The average Bonchev–Trinajstić information content (AvgIpc) is 1.88. The average molecular weight is 174 g/mol. The Labute approximate surface area is 68.5 Å². The van der Waals surface area contributed by atoms with E-state index in [1.807, 2.05) is 13.0 Å². The first-order chi connectivity index (χ1) is 4.74. The minimum absolute atomic E-state index is 0.422. The molecule has 1 rings (SSSR count). The van der Waals surface area contributed by atoms with E-state index in [4.69, 9.17) is 11.6 Å². The topological polar surface area (TPSA) is 17.1 Å². The molecule has 0 atom stereocenters. The smallest absolute Gasteiger partial charge is 0.0780 e. The summed E-state index contributed by atoms with van der Waals surface area (Å²) in [6.07, 6.45) is 0. The molecule has 0 bridgehead atoms. The van der Waals surface area contributed by atoms with Gasteiger partial charge in [-0.25, -0.2) is 0 Å². The summed E-state index contributed by atoms with van der Waals surface area (Å²) < 4.78 is 10.3. The van der Waals surface area contributed by atoms with Crippen LogP contribution in [-0.4, -0.2) is 0 Å². The summed E-state index contributed by atoms with van der Waals surface area (Å²) in [6, 6.07) is 5.38. The van der Waals surface area contributed by atoms with E-state index in [1.54, 1.807) is 12.1 Å². The van der Waals surface area contributed by atoms with Crippen molar-refractivity contribution in [3.8, 4) is 0 Å². The second-order valence-electron chi connectivity index (χ2n) is 2.02. The Morgan fingerprint density at radius 3 is 2.70 bits per heavy atom. The summed E-state index contributed by atoms with van der Waals surface area (Å²) in [4.78, 5) is 0.590. The second-order valence-corrected chi connectivity index (χ2v) is 3.03. The van der Waals surface area contributed by atoms with Crippen LogP contribution in [0.4, 0.5) is 0 Å². The summed E-state index contributed by atoms with van der Waals surface area (Å²) >= 11 is 6.13. The van der Waals surface area contributed by atoms with Gasteiger partial charge in [-0.1, -0.05) is 17.7 Å². The Bertz CT molecular complexity index is 260. The summed E-state index contributed by atoms with van der Waals surface area (Å²) in [6.45, 7) is 1.94. The van der Waals surface area contributed by atoms with Crippen molar-refractivity contribution in [2.24, 2.45) is 0 Å². The Hall–Kier alpha value is -0.470. The van der Waals surface area contributed by atoms with Crippen LogP contribution in [0.5, 0.6) is 0 Å². The van der Waals surface area contributed by atoms with E-state index in [1.165, 1.54) is 0 Å². The van der Waals surface area contributed by atoms with Crippen LogP contribution < -0.4 is 0 Å². The van der Waals surface area contributed by atoms with Gasteiger partial charge in [-0.05, 0) is 18.6 Å². The summed E-state index contributed by atoms with van der Waals surface area (Å²) in [5.41, 5.74) is 1.07. The normalized spacial score (nSPS) is 9.40. The van der Waals surface area contributed by atoms with E-state index in [0.29, 0.717) is 21.6 Å². The molecule has 0 aromatic heterocycles. The third-order valence-corrected chi connectivity index (χ3v) is 2.14. The van der Waals surface area contributed by atoms with Crippen molar-refractivity contribution in [1.82, 2.24) is 0 Å². The van der Waals surface area contributed by atoms with Gasteiger partial charge in [0.2, 0.25) is 0 Å². The fraction of sp³-hybridized carbons (Fsp3) is 0.143. The van der Waals surface area contributed by atoms with E-state index < -0.39 is 0 Å². The maximum Gasteiger partial charge on any atom is 0.506 e. The first-order valence-corrected chi connectivity index (χ1v) is 3.92. The summed E-state index contributed by atoms with van der Waals surface area (Å²) in [7, 11) is 0. The Morgan fingerprint density at radius 2 is 2.20 bits per heavy atom. The molecule has 1 aromatic rings. The minimum Gasteiger partial charge on any atom is -0.0780 e. The van der Waals surface area contributed by atoms with Gasteiger partial charge in [0.05, 0.1) is 0 Å². The largest absolute Gasteiger partial charge is 0.506 e. The molecule has 1 aromatic carbocycles. The number of benzene rings is 1. The number of halogens is 1. The highest BCUT2D eigenvalue weighted by molar-refractivity contribution is 7.65. The molecule has 1 nitrogen and oxygen atoms in total. The predicted octanol–water partition coefficient (Wildman–Crippen LogP) is 2.44. The minimum atomic E-state index is 0.422. The van der Waals surface area contributed by atoms with Crippen LogP contribution in [0.1, 0.15) is 5.56 Å². The highest BCUT2D eigenvalue weighted by atomic mass is 35.5. The molecule has 0 radical (unpaired) electrons. The van der Waals surface area contributed by atoms with Gasteiger partial charge in [-0.3, -0.25) is 0 Å². The third-order valence-electron chi connectivity index (χ3n) is 1.18.